The SMILES string of the molecule is O=C(O)C1Cc2ccc(N3C[C@@H]4C[C@H]3C[C@H]4OCc3c(-c4c(Cl)cccc4Cl)noc3C3CC3)cc2C1. The number of fused-ring (bicyclic) bond motifs is 3. The quantitative estimate of drug-likeness (QED) is 0.369. The largest absolute Gasteiger partial charge is 0.481 e. The number of carboxylic acids is 1. The number of carbonyl (C=O) groups is 1. The Labute approximate surface area is 225 Å². The molecule has 0 spiro atoms. The van der Waals surface area contributed by atoms with E-state index < -0.39 is 5.97 Å². The number of rotatable bonds is 7. The van der Waals surface area contributed by atoms with E-state index in [1.54, 1.807) is 0 Å². The molecule has 3 fully saturated rings. The number of hydrogen-bond donors (Lipinski definition) is 1. The van der Waals surface area contributed by atoms with Crippen LogP contribution in [-0.2, 0) is 29.0 Å². The molecule has 1 unspecified atom stereocenters. The average molecular weight is 539 g/mol. The molecule has 1 N–H and O–H groups in total. The van der Waals surface area contributed by atoms with Crippen molar-refractivity contribution in [1.82, 2.24) is 5.16 Å². The predicted molar refractivity (Wildman–Crippen MR) is 141 cm³/mol. The van der Waals surface area contributed by atoms with Gasteiger partial charge in [-0.15, -0.1) is 0 Å². The zero-order chi connectivity index (χ0) is 25.3. The van der Waals surface area contributed by atoms with Gasteiger partial charge in [-0.1, -0.05) is 40.5 Å². The second-order valence-electron chi connectivity index (χ2n) is 11.0. The van der Waals surface area contributed by atoms with Crippen LogP contribution in [0.1, 0.15) is 54.1 Å². The fourth-order valence-corrected chi connectivity index (χ4v) is 7.20. The number of anilines is 1. The van der Waals surface area contributed by atoms with Crippen molar-refractivity contribution in [2.75, 3.05) is 11.4 Å². The van der Waals surface area contributed by atoms with Crippen LogP contribution in [0.5, 0.6) is 0 Å². The van der Waals surface area contributed by atoms with Crippen LogP contribution >= 0.6 is 23.2 Å². The van der Waals surface area contributed by atoms with E-state index in [4.69, 9.17) is 32.5 Å². The lowest BCUT2D eigenvalue weighted by atomic mass is 10.0. The molecule has 192 valence electrons. The number of benzene rings is 2. The molecule has 2 heterocycles. The normalized spacial score (nSPS) is 26.2. The zero-order valence-electron chi connectivity index (χ0n) is 20.3. The Bertz CT molecular complexity index is 1360. The molecule has 2 aromatic carbocycles. The van der Waals surface area contributed by atoms with Gasteiger partial charge in [0.15, 0.2) is 0 Å². The summed E-state index contributed by atoms with van der Waals surface area (Å²) < 4.78 is 12.4. The molecule has 1 saturated heterocycles. The first-order valence-electron chi connectivity index (χ1n) is 13.1. The minimum absolute atomic E-state index is 0.184. The number of ether oxygens (including phenoxy) is 1. The molecule has 1 aliphatic heterocycles. The Morgan fingerprint density at radius 1 is 1.11 bits per heavy atom. The first kappa shape index (κ1) is 23.6. The molecule has 37 heavy (non-hydrogen) atoms. The maximum absolute atomic E-state index is 11.4. The number of nitrogens with zero attached hydrogens (tertiary/aromatic N) is 2. The van der Waals surface area contributed by atoms with Crippen LogP contribution in [0.15, 0.2) is 40.9 Å². The van der Waals surface area contributed by atoms with Crippen LogP contribution in [-0.4, -0.2) is 34.9 Å². The van der Waals surface area contributed by atoms with Gasteiger partial charge in [-0.2, -0.15) is 0 Å². The van der Waals surface area contributed by atoms with Gasteiger partial charge in [-0.25, -0.2) is 0 Å². The monoisotopic (exact) mass is 538 g/mol. The van der Waals surface area contributed by atoms with Crippen molar-refractivity contribution in [2.45, 2.75) is 63.2 Å². The van der Waals surface area contributed by atoms with Crippen molar-refractivity contribution in [3.8, 4) is 11.3 Å². The third-order valence-electron chi connectivity index (χ3n) is 8.69. The summed E-state index contributed by atoms with van der Waals surface area (Å²) in [7, 11) is 0. The molecule has 0 radical (unpaired) electrons. The van der Waals surface area contributed by atoms with Gasteiger partial charge in [0, 0.05) is 41.2 Å². The lowest BCUT2D eigenvalue weighted by Crippen LogP contribution is -2.38. The van der Waals surface area contributed by atoms with Crippen LogP contribution in [0.3, 0.4) is 0 Å². The molecule has 2 bridgehead atoms. The zero-order valence-corrected chi connectivity index (χ0v) is 21.8. The Balaban J connectivity index is 1.06. The molecule has 8 heteroatoms. The van der Waals surface area contributed by atoms with Crippen LogP contribution in [0.4, 0.5) is 5.69 Å². The van der Waals surface area contributed by atoms with Gasteiger partial charge in [0.05, 0.1) is 28.7 Å². The van der Waals surface area contributed by atoms with Crippen LogP contribution in [0.25, 0.3) is 11.3 Å². The van der Waals surface area contributed by atoms with Gasteiger partial charge in [-0.05, 0) is 73.9 Å². The Kier molecular flexibility index (Phi) is 5.76. The summed E-state index contributed by atoms with van der Waals surface area (Å²) in [5.74, 6) is 0.782. The van der Waals surface area contributed by atoms with Crippen molar-refractivity contribution in [3.63, 3.8) is 0 Å². The molecule has 1 aromatic heterocycles. The van der Waals surface area contributed by atoms with E-state index in [1.165, 1.54) is 16.8 Å². The van der Waals surface area contributed by atoms with Gasteiger partial charge in [0.25, 0.3) is 0 Å². The highest BCUT2D eigenvalue weighted by Crippen LogP contribution is 2.47. The van der Waals surface area contributed by atoms with Crippen LogP contribution < -0.4 is 4.90 Å². The lowest BCUT2D eigenvalue weighted by Gasteiger charge is -2.33. The fraction of sp³-hybridized carbons (Fsp3) is 0.448. The highest BCUT2D eigenvalue weighted by molar-refractivity contribution is 6.39. The summed E-state index contributed by atoms with van der Waals surface area (Å²) in [5, 5.41) is 14.9. The minimum atomic E-state index is -0.699. The summed E-state index contributed by atoms with van der Waals surface area (Å²) in [5.41, 5.74) is 5.95. The van der Waals surface area contributed by atoms with Gasteiger partial charge in [-0.3, -0.25) is 4.79 Å². The van der Waals surface area contributed by atoms with Gasteiger partial charge >= 0.3 is 5.97 Å². The van der Waals surface area contributed by atoms with Gasteiger partial charge in [0.2, 0.25) is 0 Å². The number of carboxylic acid groups (broad SMARTS) is 1. The Morgan fingerprint density at radius 2 is 1.89 bits per heavy atom. The van der Waals surface area contributed by atoms with E-state index in [0.717, 1.165) is 43.6 Å². The molecule has 2 saturated carbocycles. The summed E-state index contributed by atoms with van der Waals surface area (Å²) in [6, 6.07) is 12.4. The molecule has 0 amide bonds. The molecule has 3 aromatic rings. The average Bonchev–Trinajstić information content (AvgIpc) is 3.22. The third kappa shape index (κ3) is 4.14. The van der Waals surface area contributed by atoms with E-state index in [1.807, 2.05) is 18.2 Å². The number of halogens is 2. The molecular formula is C29H28Cl2N2O4. The summed E-state index contributed by atoms with van der Waals surface area (Å²) in [6.45, 7) is 1.40. The Morgan fingerprint density at radius 3 is 2.59 bits per heavy atom. The first-order chi connectivity index (χ1) is 18.0. The first-order valence-corrected chi connectivity index (χ1v) is 13.9. The number of aliphatic carboxylic acids is 1. The third-order valence-corrected chi connectivity index (χ3v) is 9.32. The van der Waals surface area contributed by atoms with E-state index in [2.05, 4.69) is 28.3 Å². The molecule has 4 aliphatic rings. The van der Waals surface area contributed by atoms with Crippen molar-refractivity contribution >= 4 is 34.9 Å². The van der Waals surface area contributed by atoms with Gasteiger partial charge in [0.1, 0.15) is 11.5 Å². The minimum Gasteiger partial charge on any atom is -0.481 e. The Hall–Kier alpha value is -2.54. The summed E-state index contributed by atoms with van der Waals surface area (Å²) in [4.78, 5) is 13.9. The summed E-state index contributed by atoms with van der Waals surface area (Å²) >= 11 is 13.0. The fourth-order valence-electron chi connectivity index (χ4n) is 6.62. The van der Waals surface area contributed by atoms with Crippen molar-refractivity contribution < 1.29 is 19.2 Å². The van der Waals surface area contributed by atoms with Gasteiger partial charge < -0.3 is 19.3 Å². The topological polar surface area (TPSA) is 75.8 Å². The maximum Gasteiger partial charge on any atom is 0.307 e. The predicted octanol–water partition coefficient (Wildman–Crippen LogP) is 6.51. The molecule has 6 nitrogen and oxygen atoms in total. The highest BCUT2D eigenvalue weighted by atomic mass is 35.5. The molecule has 7 rings (SSSR count). The van der Waals surface area contributed by atoms with E-state index in [-0.39, 0.29) is 12.0 Å². The smallest absolute Gasteiger partial charge is 0.307 e. The second kappa shape index (κ2) is 9.04. The maximum atomic E-state index is 11.4. The van der Waals surface area contributed by atoms with E-state index in [9.17, 15) is 9.90 Å². The number of aromatic nitrogens is 1. The van der Waals surface area contributed by atoms with Crippen molar-refractivity contribution in [2.24, 2.45) is 11.8 Å². The molecule has 3 aliphatic carbocycles. The highest BCUT2D eigenvalue weighted by Gasteiger charge is 2.46. The molecule has 4 atom stereocenters. The van der Waals surface area contributed by atoms with E-state index in [0.29, 0.717) is 58.6 Å². The lowest BCUT2D eigenvalue weighted by molar-refractivity contribution is -0.141. The van der Waals surface area contributed by atoms with Crippen molar-refractivity contribution in [3.05, 3.63) is 68.9 Å². The second-order valence-corrected chi connectivity index (χ2v) is 11.8. The van der Waals surface area contributed by atoms with Crippen LogP contribution in [0, 0.1) is 11.8 Å². The standard InChI is InChI=1S/C29H28Cl2N2O4/c30-23-2-1-3-24(31)26(23)27-22(28(37-32-27)15-4-5-15)14-36-25-12-21-11-19(25)13-33(21)20-7-6-16-8-18(29(34)35)9-17(16)10-20/h1-3,6-7,10,15,18-19,21,25H,4-5,8-9,11-14H2,(H,34,35)/t18?,19-,21-,25+/m0/s1. The van der Waals surface area contributed by atoms with E-state index >= 15 is 0 Å². The number of piperidine rings is 1. The summed E-state index contributed by atoms with van der Waals surface area (Å²) in [6.07, 6.45) is 5.76. The molecular weight excluding hydrogens is 511 g/mol. The van der Waals surface area contributed by atoms with Crippen LogP contribution in [0.2, 0.25) is 10.0 Å². The van der Waals surface area contributed by atoms with Crippen molar-refractivity contribution in [1.29, 1.82) is 0 Å². The number of hydrogen-bond acceptors (Lipinski definition) is 5.